The van der Waals surface area contributed by atoms with Gasteiger partial charge in [-0.2, -0.15) is 0 Å². The Kier molecular flexibility index (Phi) is 4.00. The maximum Gasteiger partial charge on any atom is 0.231 e. The predicted molar refractivity (Wildman–Crippen MR) is 86.0 cm³/mol. The second kappa shape index (κ2) is 6.10. The Hall–Kier alpha value is -2.49. The number of hydrogen-bond acceptors (Lipinski definition) is 4. The maximum atomic E-state index is 12.3. The van der Waals surface area contributed by atoms with Crippen molar-refractivity contribution in [2.45, 2.75) is 12.8 Å². The smallest absolute Gasteiger partial charge is 0.231 e. The zero-order valence-corrected chi connectivity index (χ0v) is 12.8. The van der Waals surface area contributed by atoms with E-state index in [1.165, 1.54) is 5.56 Å². The topological polar surface area (TPSA) is 38.8 Å². The molecule has 22 heavy (non-hydrogen) atoms. The van der Waals surface area contributed by atoms with E-state index in [-0.39, 0.29) is 12.6 Å². The van der Waals surface area contributed by atoms with Crippen molar-refractivity contribution in [1.29, 1.82) is 0 Å². The number of ether oxygens (including phenoxy) is 2. The van der Waals surface area contributed by atoms with Gasteiger partial charge >= 0.3 is 0 Å². The first-order chi connectivity index (χ1) is 10.6. The molecule has 2 aromatic carbocycles. The molecule has 0 amide bonds. The third kappa shape index (κ3) is 3.06. The summed E-state index contributed by atoms with van der Waals surface area (Å²) in [4.78, 5) is 14.3. The summed E-state index contributed by atoms with van der Waals surface area (Å²) in [5.74, 6) is 1.48. The second-order valence-corrected chi connectivity index (χ2v) is 5.55. The molecule has 0 aromatic heterocycles. The largest absolute Gasteiger partial charge is 0.454 e. The van der Waals surface area contributed by atoms with Crippen molar-refractivity contribution in [2.24, 2.45) is 0 Å². The molecule has 0 atom stereocenters. The number of benzene rings is 2. The lowest BCUT2D eigenvalue weighted by Crippen LogP contribution is -2.08. The highest BCUT2D eigenvalue weighted by molar-refractivity contribution is 5.96. The van der Waals surface area contributed by atoms with Crippen LogP contribution in [0.5, 0.6) is 11.5 Å². The molecule has 1 aliphatic heterocycles. The minimum absolute atomic E-state index is 0.120. The van der Waals surface area contributed by atoms with E-state index >= 15 is 0 Å². The molecule has 0 fully saturated rings. The number of carbonyl (C=O) groups excluding carboxylic acids is 1. The van der Waals surface area contributed by atoms with E-state index in [4.69, 9.17) is 9.47 Å². The van der Waals surface area contributed by atoms with Crippen LogP contribution in [-0.2, 0) is 6.42 Å². The Bertz CT molecular complexity index is 677. The third-order valence-corrected chi connectivity index (χ3v) is 3.79. The van der Waals surface area contributed by atoms with Crippen LogP contribution in [-0.4, -0.2) is 26.7 Å². The van der Waals surface area contributed by atoms with Gasteiger partial charge in [0.1, 0.15) is 0 Å². The number of aryl methyl sites for hydroxylation is 1. The first-order valence-electron chi connectivity index (χ1n) is 7.32. The molecule has 4 heteroatoms. The molecule has 2 aromatic rings. The van der Waals surface area contributed by atoms with Gasteiger partial charge in [-0.3, -0.25) is 4.79 Å². The number of carbonyl (C=O) groups is 1. The molecule has 0 radical (unpaired) electrons. The Balaban J connectivity index is 1.62. The van der Waals surface area contributed by atoms with E-state index in [0.29, 0.717) is 23.5 Å². The quantitative estimate of drug-likeness (QED) is 0.794. The molecule has 1 aliphatic rings. The molecule has 0 unspecified atom stereocenters. The summed E-state index contributed by atoms with van der Waals surface area (Å²) in [7, 11) is 4.02. The number of ketones is 1. The van der Waals surface area contributed by atoms with Crippen LogP contribution in [0.4, 0.5) is 5.69 Å². The molecule has 4 nitrogen and oxygen atoms in total. The van der Waals surface area contributed by atoms with Crippen molar-refractivity contribution in [3.63, 3.8) is 0 Å². The van der Waals surface area contributed by atoms with Gasteiger partial charge in [0, 0.05) is 31.8 Å². The summed E-state index contributed by atoms with van der Waals surface area (Å²) in [5.41, 5.74) is 3.00. The van der Waals surface area contributed by atoms with E-state index in [2.05, 4.69) is 29.2 Å². The van der Waals surface area contributed by atoms with E-state index in [0.717, 1.165) is 12.1 Å². The number of hydrogen-bond donors (Lipinski definition) is 0. The SMILES string of the molecule is CN(C)c1ccc(CCC(=O)c2ccc3c(c2)OCO3)cc1. The first-order valence-corrected chi connectivity index (χ1v) is 7.32. The van der Waals surface area contributed by atoms with Gasteiger partial charge in [-0.1, -0.05) is 12.1 Å². The highest BCUT2D eigenvalue weighted by atomic mass is 16.7. The van der Waals surface area contributed by atoms with Crippen molar-refractivity contribution in [1.82, 2.24) is 0 Å². The molecule has 0 aliphatic carbocycles. The van der Waals surface area contributed by atoms with Crippen LogP contribution in [0.3, 0.4) is 0 Å². The van der Waals surface area contributed by atoms with Crippen LogP contribution in [0.2, 0.25) is 0 Å². The first kappa shape index (κ1) is 14.4. The molecular weight excluding hydrogens is 278 g/mol. The highest BCUT2D eigenvalue weighted by Gasteiger charge is 2.16. The zero-order chi connectivity index (χ0) is 15.5. The lowest BCUT2D eigenvalue weighted by atomic mass is 10.0. The summed E-state index contributed by atoms with van der Waals surface area (Å²) in [6.07, 6.45) is 1.22. The van der Waals surface area contributed by atoms with Crippen molar-refractivity contribution in [3.8, 4) is 11.5 Å². The number of anilines is 1. The summed E-state index contributed by atoms with van der Waals surface area (Å²) >= 11 is 0. The van der Waals surface area contributed by atoms with Crippen LogP contribution >= 0.6 is 0 Å². The van der Waals surface area contributed by atoms with Gasteiger partial charge in [0.05, 0.1) is 0 Å². The molecular formula is C18H19NO3. The van der Waals surface area contributed by atoms with Gasteiger partial charge in [-0.25, -0.2) is 0 Å². The number of rotatable bonds is 5. The molecule has 3 rings (SSSR count). The van der Waals surface area contributed by atoms with Crippen molar-refractivity contribution >= 4 is 11.5 Å². The van der Waals surface area contributed by atoms with Gasteiger partial charge in [0.2, 0.25) is 6.79 Å². The summed E-state index contributed by atoms with van der Waals surface area (Å²) in [5, 5.41) is 0. The predicted octanol–water partition coefficient (Wildman–Crippen LogP) is 3.30. The molecule has 0 spiro atoms. The van der Waals surface area contributed by atoms with Crippen molar-refractivity contribution < 1.29 is 14.3 Å². The Labute approximate surface area is 130 Å². The van der Waals surface area contributed by atoms with E-state index < -0.39 is 0 Å². The van der Waals surface area contributed by atoms with Gasteiger partial charge in [-0.15, -0.1) is 0 Å². The number of Topliss-reactive ketones (excluding diaryl/α,β-unsaturated/α-hetero) is 1. The van der Waals surface area contributed by atoms with Crippen LogP contribution < -0.4 is 14.4 Å². The van der Waals surface area contributed by atoms with E-state index in [1.54, 1.807) is 18.2 Å². The molecule has 0 saturated carbocycles. The minimum Gasteiger partial charge on any atom is -0.454 e. The summed E-state index contributed by atoms with van der Waals surface area (Å²) in [6, 6.07) is 13.6. The van der Waals surface area contributed by atoms with Gasteiger partial charge in [0.25, 0.3) is 0 Å². The molecule has 0 bridgehead atoms. The third-order valence-electron chi connectivity index (χ3n) is 3.79. The maximum absolute atomic E-state index is 12.3. The van der Waals surface area contributed by atoms with Gasteiger partial charge in [-0.05, 0) is 42.3 Å². The Morgan fingerprint density at radius 3 is 2.50 bits per heavy atom. The summed E-state index contributed by atoms with van der Waals surface area (Å²) < 4.78 is 10.6. The van der Waals surface area contributed by atoms with E-state index in [9.17, 15) is 4.79 Å². The van der Waals surface area contributed by atoms with Gasteiger partial charge in [0.15, 0.2) is 17.3 Å². The normalized spacial score (nSPS) is 12.3. The monoisotopic (exact) mass is 297 g/mol. The van der Waals surface area contributed by atoms with Crippen LogP contribution in [0, 0.1) is 0 Å². The lowest BCUT2D eigenvalue weighted by Gasteiger charge is -2.12. The van der Waals surface area contributed by atoms with Crippen LogP contribution in [0.25, 0.3) is 0 Å². The highest BCUT2D eigenvalue weighted by Crippen LogP contribution is 2.32. The molecule has 0 N–H and O–H groups in total. The van der Waals surface area contributed by atoms with E-state index in [1.807, 2.05) is 14.1 Å². The van der Waals surface area contributed by atoms with Crippen LogP contribution in [0.1, 0.15) is 22.3 Å². The Morgan fingerprint density at radius 2 is 1.77 bits per heavy atom. The van der Waals surface area contributed by atoms with Crippen molar-refractivity contribution in [2.75, 3.05) is 25.8 Å². The molecule has 1 heterocycles. The average Bonchev–Trinajstić information content (AvgIpc) is 3.00. The van der Waals surface area contributed by atoms with Crippen LogP contribution in [0.15, 0.2) is 42.5 Å². The minimum atomic E-state index is 0.120. The zero-order valence-electron chi connectivity index (χ0n) is 12.8. The fourth-order valence-electron chi connectivity index (χ4n) is 2.43. The summed E-state index contributed by atoms with van der Waals surface area (Å²) in [6.45, 7) is 0.227. The fraction of sp³-hybridized carbons (Fsp3) is 0.278. The number of nitrogens with zero attached hydrogens (tertiary/aromatic N) is 1. The number of fused-ring (bicyclic) bond motifs is 1. The Morgan fingerprint density at radius 1 is 1.05 bits per heavy atom. The van der Waals surface area contributed by atoms with Crippen molar-refractivity contribution in [3.05, 3.63) is 53.6 Å². The van der Waals surface area contributed by atoms with Gasteiger partial charge < -0.3 is 14.4 Å². The standard InChI is InChI=1S/C18H19NO3/c1-19(2)15-7-3-13(4-8-15)5-9-16(20)14-6-10-17-18(11-14)22-12-21-17/h3-4,6-8,10-11H,5,9,12H2,1-2H3. The fourth-order valence-corrected chi connectivity index (χ4v) is 2.43. The molecule has 114 valence electrons. The molecule has 0 saturated heterocycles. The second-order valence-electron chi connectivity index (χ2n) is 5.55. The average molecular weight is 297 g/mol. The lowest BCUT2D eigenvalue weighted by molar-refractivity contribution is 0.0982.